The second-order valence-corrected chi connectivity index (χ2v) is 7.20. The van der Waals surface area contributed by atoms with Gasteiger partial charge in [0.2, 0.25) is 0 Å². The topological polar surface area (TPSA) is 59.4 Å². The number of morpholine rings is 1. The molecule has 1 fully saturated rings. The summed E-state index contributed by atoms with van der Waals surface area (Å²) < 4.78 is 7.87. The van der Waals surface area contributed by atoms with Gasteiger partial charge in [-0.3, -0.25) is 4.68 Å². The van der Waals surface area contributed by atoms with Crippen molar-refractivity contribution >= 4 is 17.4 Å². The molecule has 2 aromatic heterocycles. The van der Waals surface area contributed by atoms with Crippen molar-refractivity contribution in [2.75, 3.05) is 19.6 Å². The van der Waals surface area contributed by atoms with E-state index in [4.69, 9.17) is 4.74 Å². The molecule has 0 aliphatic carbocycles. The molecule has 0 spiro atoms. The Bertz CT molecular complexity index is 629. The average Bonchev–Trinajstić information content (AvgIpc) is 3.25. The largest absolute Gasteiger partial charge is 0.367 e. The Labute approximate surface area is 146 Å². The number of aromatic nitrogens is 2. The van der Waals surface area contributed by atoms with Crippen LogP contribution in [0.2, 0.25) is 0 Å². The number of hydrogen-bond acceptors (Lipinski definition) is 4. The van der Waals surface area contributed by atoms with Crippen molar-refractivity contribution < 1.29 is 9.53 Å². The second-order valence-electron chi connectivity index (χ2n) is 6.42. The number of urea groups is 1. The van der Waals surface area contributed by atoms with Gasteiger partial charge in [0.25, 0.3) is 0 Å². The number of amides is 2. The van der Waals surface area contributed by atoms with Crippen LogP contribution in [0, 0.1) is 5.92 Å². The van der Waals surface area contributed by atoms with Crippen LogP contribution in [0.3, 0.4) is 0 Å². The summed E-state index contributed by atoms with van der Waals surface area (Å²) >= 11 is 1.65. The molecule has 2 aromatic rings. The summed E-state index contributed by atoms with van der Waals surface area (Å²) in [6.45, 7) is 6.77. The predicted octanol–water partition coefficient (Wildman–Crippen LogP) is 2.75. The maximum Gasteiger partial charge on any atom is 0.317 e. The van der Waals surface area contributed by atoms with E-state index in [9.17, 15) is 4.79 Å². The molecule has 1 aliphatic heterocycles. The Kier molecular flexibility index (Phi) is 5.52. The predicted molar refractivity (Wildman–Crippen MR) is 94.0 cm³/mol. The number of carbonyl (C=O) groups is 1. The smallest absolute Gasteiger partial charge is 0.317 e. The molecule has 3 heterocycles. The molecular formula is C17H24N4O2S. The first-order valence-corrected chi connectivity index (χ1v) is 9.24. The van der Waals surface area contributed by atoms with Gasteiger partial charge in [0.1, 0.15) is 6.10 Å². The highest BCUT2D eigenvalue weighted by Gasteiger charge is 2.29. The molecule has 6 nitrogen and oxygen atoms in total. The van der Waals surface area contributed by atoms with E-state index < -0.39 is 0 Å². The van der Waals surface area contributed by atoms with Crippen molar-refractivity contribution in [1.82, 2.24) is 20.0 Å². The van der Waals surface area contributed by atoms with Crippen LogP contribution in [-0.4, -0.2) is 46.4 Å². The molecular weight excluding hydrogens is 324 g/mol. The summed E-state index contributed by atoms with van der Waals surface area (Å²) in [5, 5.41) is 11.4. The van der Waals surface area contributed by atoms with Gasteiger partial charge in [0.15, 0.2) is 0 Å². The van der Waals surface area contributed by atoms with Crippen LogP contribution in [-0.2, 0) is 11.3 Å². The van der Waals surface area contributed by atoms with E-state index in [1.165, 1.54) is 0 Å². The molecule has 0 aromatic carbocycles. The van der Waals surface area contributed by atoms with Gasteiger partial charge in [-0.1, -0.05) is 6.92 Å². The fourth-order valence-electron chi connectivity index (χ4n) is 2.93. The Morgan fingerprint density at radius 2 is 2.42 bits per heavy atom. The van der Waals surface area contributed by atoms with Gasteiger partial charge in [-0.2, -0.15) is 16.4 Å². The van der Waals surface area contributed by atoms with Crippen molar-refractivity contribution in [3.63, 3.8) is 0 Å². The summed E-state index contributed by atoms with van der Waals surface area (Å²) in [4.78, 5) is 14.4. The lowest BCUT2D eigenvalue weighted by Crippen LogP contribution is -2.50. The molecule has 0 bridgehead atoms. The van der Waals surface area contributed by atoms with E-state index in [1.54, 1.807) is 17.5 Å². The Morgan fingerprint density at radius 1 is 1.54 bits per heavy atom. The molecule has 0 saturated carbocycles. The Hall–Kier alpha value is -1.86. The Balaban J connectivity index is 1.50. The first kappa shape index (κ1) is 17.0. The summed E-state index contributed by atoms with van der Waals surface area (Å²) in [6.07, 6.45) is 3.71. The van der Waals surface area contributed by atoms with Crippen molar-refractivity contribution in [3.05, 3.63) is 40.8 Å². The van der Waals surface area contributed by atoms with Crippen molar-refractivity contribution in [3.8, 4) is 0 Å². The van der Waals surface area contributed by atoms with Gasteiger partial charge >= 0.3 is 6.03 Å². The molecule has 1 N–H and O–H groups in total. The van der Waals surface area contributed by atoms with Gasteiger partial charge in [0, 0.05) is 32.0 Å². The lowest BCUT2D eigenvalue weighted by molar-refractivity contribution is -0.0655. The third-order valence-electron chi connectivity index (χ3n) is 4.12. The summed E-state index contributed by atoms with van der Waals surface area (Å²) in [7, 11) is 0. The number of carbonyl (C=O) groups excluding carboxylic acids is 1. The van der Waals surface area contributed by atoms with E-state index in [0.717, 1.165) is 12.1 Å². The summed E-state index contributed by atoms with van der Waals surface area (Å²) in [5.74, 6) is 0.319. The SMILES string of the molecule is C[C@H](CNC(=O)N1C[C@@H](C)O[C@H](c2ccsc2)C1)Cn1cccn1. The second kappa shape index (κ2) is 7.81. The molecule has 0 radical (unpaired) electrons. The van der Waals surface area contributed by atoms with Crippen molar-refractivity contribution in [2.45, 2.75) is 32.6 Å². The standard InChI is InChI=1S/C17H24N4O2S/c1-13(9-21-6-3-5-19-21)8-18-17(22)20-10-14(2)23-16(11-20)15-4-7-24-12-15/h3-7,12-14,16H,8-11H2,1-2H3,(H,18,22)/t13-,14-,16+/m1/s1. The minimum Gasteiger partial charge on any atom is -0.367 e. The lowest BCUT2D eigenvalue weighted by Gasteiger charge is -2.36. The van der Waals surface area contributed by atoms with Crippen molar-refractivity contribution in [2.24, 2.45) is 5.92 Å². The number of nitrogens with zero attached hydrogens (tertiary/aromatic N) is 3. The first-order chi connectivity index (χ1) is 11.6. The number of rotatable bonds is 5. The van der Waals surface area contributed by atoms with Gasteiger partial charge < -0.3 is 15.0 Å². The molecule has 0 unspecified atom stereocenters. The number of thiophene rings is 1. The van der Waals surface area contributed by atoms with Gasteiger partial charge in [-0.05, 0) is 41.3 Å². The molecule has 1 aliphatic rings. The van der Waals surface area contributed by atoms with Crippen molar-refractivity contribution in [1.29, 1.82) is 0 Å². The average molecular weight is 348 g/mol. The number of nitrogens with one attached hydrogen (secondary N) is 1. The number of hydrogen-bond donors (Lipinski definition) is 1. The fourth-order valence-corrected chi connectivity index (χ4v) is 3.63. The molecule has 130 valence electrons. The maximum atomic E-state index is 12.5. The van der Waals surface area contributed by atoms with E-state index in [0.29, 0.717) is 25.6 Å². The molecule has 3 atom stereocenters. The molecule has 3 rings (SSSR count). The van der Waals surface area contributed by atoms with Crippen LogP contribution in [0.1, 0.15) is 25.5 Å². The van der Waals surface area contributed by atoms with Crippen LogP contribution >= 0.6 is 11.3 Å². The van der Waals surface area contributed by atoms with Gasteiger partial charge in [0.05, 0.1) is 12.6 Å². The summed E-state index contributed by atoms with van der Waals surface area (Å²) in [6, 6.07) is 3.96. The zero-order valence-electron chi connectivity index (χ0n) is 14.1. The normalized spacial score (nSPS) is 22.3. The molecule has 2 amide bonds. The number of ether oxygens (including phenoxy) is 1. The zero-order chi connectivity index (χ0) is 16.9. The lowest BCUT2D eigenvalue weighted by atomic mass is 10.1. The van der Waals surface area contributed by atoms with Crippen LogP contribution in [0.15, 0.2) is 35.3 Å². The minimum absolute atomic E-state index is 0.0160. The van der Waals surface area contributed by atoms with Crippen LogP contribution in [0.4, 0.5) is 4.79 Å². The van der Waals surface area contributed by atoms with Gasteiger partial charge in [-0.25, -0.2) is 4.79 Å². The molecule has 7 heteroatoms. The van der Waals surface area contributed by atoms with E-state index in [-0.39, 0.29) is 18.2 Å². The van der Waals surface area contributed by atoms with Gasteiger partial charge in [-0.15, -0.1) is 0 Å². The quantitative estimate of drug-likeness (QED) is 0.904. The highest BCUT2D eigenvalue weighted by Crippen LogP contribution is 2.26. The molecule has 24 heavy (non-hydrogen) atoms. The minimum atomic E-state index is -0.0350. The highest BCUT2D eigenvalue weighted by molar-refractivity contribution is 7.07. The third kappa shape index (κ3) is 4.36. The summed E-state index contributed by atoms with van der Waals surface area (Å²) in [5.41, 5.74) is 1.15. The van der Waals surface area contributed by atoms with E-state index in [2.05, 4.69) is 28.8 Å². The molecule has 1 saturated heterocycles. The third-order valence-corrected chi connectivity index (χ3v) is 4.82. The van der Waals surface area contributed by atoms with E-state index in [1.807, 2.05) is 34.1 Å². The highest BCUT2D eigenvalue weighted by atomic mass is 32.1. The fraction of sp³-hybridized carbons (Fsp3) is 0.529. The zero-order valence-corrected chi connectivity index (χ0v) is 14.9. The van der Waals surface area contributed by atoms with Crippen LogP contribution in [0.5, 0.6) is 0 Å². The van der Waals surface area contributed by atoms with Crippen LogP contribution < -0.4 is 5.32 Å². The van der Waals surface area contributed by atoms with Crippen LogP contribution in [0.25, 0.3) is 0 Å². The first-order valence-electron chi connectivity index (χ1n) is 8.29. The van der Waals surface area contributed by atoms with E-state index >= 15 is 0 Å². The Morgan fingerprint density at radius 3 is 3.12 bits per heavy atom. The monoisotopic (exact) mass is 348 g/mol. The maximum absolute atomic E-state index is 12.5.